The monoisotopic (exact) mass is 362 g/mol. The van der Waals surface area contributed by atoms with Crippen LogP contribution in [0.2, 0.25) is 0 Å². The van der Waals surface area contributed by atoms with Crippen molar-refractivity contribution in [2.24, 2.45) is 5.73 Å². The quantitative estimate of drug-likeness (QED) is 0.770. The highest BCUT2D eigenvalue weighted by Crippen LogP contribution is 2.41. The molecule has 6 nitrogen and oxygen atoms in total. The van der Waals surface area contributed by atoms with E-state index in [0.717, 1.165) is 16.7 Å². The Labute approximate surface area is 158 Å². The van der Waals surface area contributed by atoms with Crippen LogP contribution in [0.3, 0.4) is 0 Å². The van der Waals surface area contributed by atoms with E-state index in [1.165, 1.54) is 0 Å². The number of likely N-dealkylation sites (tertiary alicyclic amines) is 1. The lowest BCUT2D eigenvalue weighted by molar-refractivity contribution is -0.135. The number of hydrogen-bond donors (Lipinski definition) is 1. The molecule has 2 atom stereocenters. The molecular formula is C21H22N4O2. The molecule has 0 aliphatic carbocycles. The highest BCUT2D eigenvalue weighted by atomic mass is 16.5. The topological polar surface area (TPSA) is 85.2 Å². The molecule has 2 heterocycles. The predicted molar refractivity (Wildman–Crippen MR) is 102 cm³/mol. The second-order valence-corrected chi connectivity index (χ2v) is 6.86. The third-order valence-electron chi connectivity index (χ3n) is 5.21. The molecule has 6 heteroatoms. The number of rotatable bonds is 4. The van der Waals surface area contributed by atoms with Crippen molar-refractivity contribution < 1.29 is 9.32 Å². The molecule has 4 rings (SSSR count). The minimum Gasteiger partial charge on any atom is -0.339 e. The lowest BCUT2D eigenvalue weighted by Crippen LogP contribution is -2.39. The molecule has 138 valence electrons. The maximum absolute atomic E-state index is 12.3. The van der Waals surface area contributed by atoms with Gasteiger partial charge in [-0.25, -0.2) is 0 Å². The van der Waals surface area contributed by atoms with Crippen LogP contribution in [-0.2, 0) is 11.3 Å². The third kappa shape index (κ3) is 3.36. The Bertz CT molecular complexity index is 921. The lowest BCUT2D eigenvalue weighted by Gasteiger charge is -2.37. The number of likely N-dealkylation sites (N-methyl/N-ethyl adjacent to an activating group) is 1. The Balaban J connectivity index is 1.66. The van der Waals surface area contributed by atoms with Gasteiger partial charge >= 0.3 is 0 Å². The summed E-state index contributed by atoms with van der Waals surface area (Å²) in [7, 11) is 1.84. The summed E-state index contributed by atoms with van der Waals surface area (Å²) in [6, 6.07) is 17.7. The number of hydrogen-bond acceptors (Lipinski definition) is 5. The summed E-state index contributed by atoms with van der Waals surface area (Å²) in [5.74, 6) is 1.23. The average molecular weight is 362 g/mol. The molecule has 0 spiro atoms. The average Bonchev–Trinajstić information content (AvgIpc) is 3.20. The molecule has 0 saturated carbocycles. The molecule has 1 aliphatic rings. The van der Waals surface area contributed by atoms with Crippen LogP contribution in [0.25, 0.3) is 11.4 Å². The molecule has 2 aromatic carbocycles. The summed E-state index contributed by atoms with van der Waals surface area (Å²) >= 11 is 0. The van der Waals surface area contributed by atoms with E-state index in [1.54, 1.807) is 4.90 Å². The van der Waals surface area contributed by atoms with Crippen molar-refractivity contribution >= 4 is 5.91 Å². The minimum atomic E-state index is -0.111. The Hall–Kier alpha value is -2.99. The molecule has 1 amide bonds. The molecule has 1 aliphatic heterocycles. The van der Waals surface area contributed by atoms with E-state index < -0.39 is 0 Å². The molecule has 0 radical (unpaired) electrons. The number of nitrogens with zero attached hydrogens (tertiary/aromatic N) is 3. The van der Waals surface area contributed by atoms with Crippen molar-refractivity contribution in [3.8, 4) is 11.4 Å². The Kier molecular flexibility index (Phi) is 4.73. The second kappa shape index (κ2) is 7.32. The van der Waals surface area contributed by atoms with Gasteiger partial charge in [-0.15, -0.1) is 0 Å². The fraction of sp³-hybridized carbons (Fsp3) is 0.286. The van der Waals surface area contributed by atoms with Crippen LogP contribution < -0.4 is 5.73 Å². The predicted octanol–water partition coefficient (Wildman–Crippen LogP) is 3.27. The molecule has 0 bridgehead atoms. The summed E-state index contributed by atoms with van der Waals surface area (Å²) in [5, 5.41) is 4.17. The highest BCUT2D eigenvalue weighted by Gasteiger charge is 2.38. The first-order valence-electron chi connectivity index (χ1n) is 9.11. The maximum atomic E-state index is 12.3. The molecule has 2 N–H and O–H groups in total. The third-order valence-corrected chi connectivity index (χ3v) is 5.21. The smallest absolute Gasteiger partial charge is 0.232 e. The first-order valence-corrected chi connectivity index (χ1v) is 9.11. The van der Waals surface area contributed by atoms with E-state index in [-0.39, 0.29) is 17.9 Å². The molecule has 1 fully saturated rings. The molecule has 3 aromatic rings. The van der Waals surface area contributed by atoms with Gasteiger partial charge in [0, 0.05) is 25.6 Å². The number of carbonyl (C=O) groups excluding carboxylic acids is 1. The lowest BCUT2D eigenvalue weighted by atomic mass is 9.84. The van der Waals surface area contributed by atoms with E-state index >= 15 is 0 Å². The van der Waals surface area contributed by atoms with Gasteiger partial charge in [0.1, 0.15) is 0 Å². The zero-order chi connectivity index (χ0) is 18.8. The van der Waals surface area contributed by atoms with Crippen LogP contribution in [0.15, 0.2) is 59.1 Å². The van der Waals surface area contributed by atoms with Gasteiger partial charge < -0.3 is 15.2 Å². The van der Waals surface area contributed by atoms with E-state index in [4.69, 9.17) is 10.3 Å². The van der Waals surface area contributed by atoms with Gasteiger partial charge in [0.25, 0.3) is 0 Å². The van der Waals surface area contributed by atoms with Crippen molar-refractivity contribution in [3.63, 3.8) is 0 Å². The summed E-state index contributed by atoms with van der Waals surface area (Å²) in [5.41, 5.74) is 8.67. The Morgan fingerprint density at radius 1 is 1.15 bits per heavy atom. The zero-order valence-corrected chi connectivity index (χ0v) is 15.2. The van der Waals surface area contributed by atoms with Gasteiger partial charge in [-0.05, 0) is 17.5 Å². The van der Waals surface area contributed by atoms with Crippen LogP contribution in [0.4, 0.5) is 0 Å². The van der Waals surface area contributed by atoms with Crippen LogP contribution >= 0.6 is 0 Å². The number of aromatic nitrogens is 2. The number of amides is 1. The van der Waals surface area contributed by atoms with Gasteiger partial charge in [-0.2, -0.15) is 4.98 Å². The minimum absolute atomic E-state index is 0.0281. The number of nitrogens with two attached hydrogens (primary N) is 1. The summed E-state index contributed by atoms with van der Waals surface area (Å²) < 4.78 is 5.63. The number of piperidine rings is 1. The molecule has 2 unspecified atom stereocenters. The number of benzene rings is 2. The molecule has 1 aromatic heterocycles. The van der Waals surface area contributed by atoms with Crippen LogP contribution in [0.5, 0.6) is 0 Å². The van der Waals surface area contributed by atoms with Gasteiger partial charge in [0.05, 0.1) is 12.0 Å². The van der Waals surface area contributed by atoms with E-state index in [1.807, 2.05) is 61.6 Å². The fourth-order valence-electron chi connectivity index (χ4n) is 3.70. The van der Waals surface area contributed by atoms with E-state index in [2.05, 4.69) is 10.1 Å². The standard InChI is InChI=1S/C21H22N4O2/c1-25-18(26)12-11-17(19(25)15-5-3-2-4-6-15)21-23-20(24-27-21)16-9-7-14(13-22)8-10-16/h2-10,17,19H,11-13,22H2,1H3. The first-order chi connectivity index (χ1) is 13.2. The largest absolute Gasteiger partial charge is 0.339 e. The van der Waals surface area contributed by atoms with E-state index in [9.17, 15) is 4.79 Å². The summed E-state index contributed by atoms with van der Waals surface area (Å²) in [4.78, 5) is 18.7. The van der Waals surface area contributed by atoms with Gasteiger partial charge in [-0.1, -0.05) is 59.8 Å². The molecule has 1 saturated heterocycles. The number of carbonyl (C=O) groups is 1. The van der Waals surface area contributed by atoms with Gasteiger partial charge in [0.15, 0.2) is 0 Å². The SMILES string of the molecule is CN1C(=O)CCC(c2nc(-c3ccc(CN)cc3)no2)C1c1ccccc1. The van der Waals surface area contributed by atoms with Crippen molar-refractivity contribution in [3.05, 3.63) is 71.6 Å². The van der Waals surface area contributed by atoms with Crippen molar-refractivity contribution in [1.29, 1.82) is 0 Å². The normalized spacial score (nSPS) is 20.1. The van der Waals surface area contributed by atoms with Crippen molar-refractivity contribution in [2.45, 2.75) is 31.3 Å². The van der Waals surface area contributed by atoms with Crippen molar-refractivity contribution in [2.75, 3.05) is 7.05 Å². The summed E-state index contributed by atoms with van der Waals surface area (Å²) in [6.45, 7) is 0.499. The molecule has 27 heavy (non-hydrogen) atoms. The fourth-order valence-corrected chi connectivity index (χ4v) is 3.70. The van der Waals surface area contributed by atoms with E-state index in [0.29, 0.717) is 31.1 Å². The summed E-state index contributed by atoms with van der Waals surface area (Å²) in [6.07, 6.45) is 1.17. The Morgan fingerprint density at radius 2 is 1.89 bits per heavy atom. The van der Waals surface area contributed by atoms with Crippen LogP contribution in [-0.4, -0.2) is 28.0 Å². The zero-order valence-electron chi connectivity index (χ0n) is 15.2. The highest BCUT2D eigenvalue weighted by molar-refractivity contribution is 5.77. The maximum Gasteiger partial charge on any atom is 0.232 e. The first kappa shape index (κ1) is 17.4. The Morgan fingerprint density at radius 3 is 2.59 bits per heavy atom. The van der Waals surface area contributed by atoms with Crippen LogP contribution in [0, 0.1) is 0 Å². The van der Waals surface area contributed by atoms with Crippen molar-refractivity contribution in [1.82, 2.24) is 15.0 Å². The second-order valence-electron chi connectivity index (χ2n) is 6.86. The van der Waals surface area contributed by atoms with Crippen LogP contribution in [0.1, 0.15) is 41.8 Å². The van der Waals surface area contributed by atoms with Gasteiger partial charge in [-0.3, -0.25) is 4.79 Å². The molecular weight excluding hydrogens is 340 g/mol. The van der Waals surface area contributed by atoms with Gasteiger partial charge in [0.2, 0.25) is 17.6 Å².